The van der Waals surface area contributed by atoms with Gasteiger partial charge in [-0.25, -0.2) is 0 Å². The van der Waals surface area contributed by atoms with E-state index in [1.807, 2.05) is 91.3 Å². The molecular weight excluding hydrogens is 380 g/mol. The quantitative estimate of drug-likeness (QED) is 0.335. The van der Waals surface area contributed by atoms with Gasteiger partial charge in [-0.2, -0.15) is 11.3 Å². The molecule has 0 aliphatic rings. The number of hydrogen-bond donors (Lipinski definition) is 2. The highest BCUT2D eigenvalue weighted by Gasteiger charge is 2.22. The summed E-state index contributed by atoms with van der Waals surface area (Å²) in [5.74, 6) is -0.796. The maximum Gasteiger partial charge on any atom is 0.257 e. The molecule has 0 radical (unpaired) electrons. The van der Waals surface area contributed by atoms with Crippen molar-refractivity contribution in [1.82, 2.24) is 10.6 Å². The summed E-state index contributed by atoms with van der Waals surface area (Å²) in [6.45, 7) is 3.81. The first-order valence-corrected chi connectivity index (χ1v) is 10.4. The normalized spacial score (nSPS) is 12.5. The van der Waals surface area contributed by atoms with E-state index >= 15 is 0 Å². The van der Waals surface area contributed by atoms with Gasteiger partial charge in [0.15, 0.2) is 0 Å². The highest BCUT2D eigenvalue weighted by molar-refractivity contribution is 7.08. The molecule has 0 saturated carbocycles. The zero-order chi connectivity index (χ0) is 20.6. The van der Waals surface area contributed by atoms with E-state index in [0.717, 1.165) is 16.7 Å². The van der Waals surface area contributed by atoms with E-state index in [9.17, 15) is 9.59 Å². The summed E-state index contributed by atoms with van der Waals surface area (Å²) in [5, 5.41) is 9.70. The van der Waals surface area contributed by atoms with E-state index in [0.29, 0.717) is 0 Å². The largest absolute Gasteiger partial charge is 0.345 e. The van der Waals surface area contributed by atoms with E-state index in [1.54, 1.807) is 6.08 Å². The van der Waals surface area contributed by atoms with Crippen LogP contribution in [0, 0.1) is 0 Å². The standard InChI is InChI=1S/C24H24N2O2S/c1-17(20-9-5-3-6-10-20)25-23(27)22(15-19-13-14-29-16-19)24(28)26-18(2)21-11-7-4-8-12-21/h3-18H,1-2H3,(H,25,27)(H,26,28)/t17-,18-/m0/s1. The fourth-order valence-corrected chi connectivity index (χ4v) is 3.57. The van der Waals surface area contributed by atoms with E-state index in [-0.39, 0.29) is 17.7 Å². The van der Waals surface area contributed by atoms with Crippen LogP contribution in [0.1, 0.15) is 42.6 Å². The molecule has 3 rings (SSSR count). The van der Waals surface area contributed by atoms with E-state index in [4.69, 9.17) is 0 Å². The Morgan fingerprint density at radius 1 is 0.793 bits per heavy atom. The summed E-state index contributed by atoms with van der Waals surface area (Å²) in [7, 11) is 0. The first kappa shape index (κ1) is 20.6. The van der Waals surface area contributed by atoms with Gasteiger partial charge in [-0.15, -0.1) is 0 Å². The Hall–Kier alpha value is -3.18. The zero-order valence-corrected chi connectivity index (χ0v) is 17.3. The zero-order valence-electron chi connectivity index (χ0n) is 16.5. The Bertz CT molecular complexity index is 905. The molecule has 0 bridgehead atoms. The Balaban J connectivity index is 1.79. The van der Waals surface area contributed by atoms with Crippen LogP contribution >= 0.6 is 11.3 Å². The van der Waals surface area contributed by atoms with Crippen molar-refractivity contribution in [2.24, 2.45) is 0 Å². The number of rotatable bonds is 7. The molecule has 0 aliphatic carbocycles. The number of carbonyl (C=O) groups is 2. The molecule has 0 unspecified atom stereocenters. The molecule has 2 amide bonds. The molecule has 2 aromatic carbocycles. The monoisotopic (exact) mass is 404 g/mol. The van der Waals surface area contributed by atoms with Crippen molar-refractivity contribution in [3.8, 4) is 0 Å². The molecule has 0 fully saturated rings. The lowest BCUT2D eigenvalue weighted by atomic mass is 10.1. The van der Waals surface area contributed by atoms with E-state index in [2.05, 4.69) is 10.6 Å². The molecular formula is C24H24N2O2S. The van der Waals surface area contributed by atoms with Crippen molar-refractivity contribution in [2.75, 3.05) is 0 Å². The number of hydrogen-bond acceptors (Lipinski definition) is 3. The molecule has 4 nitrogen and oxygen atoms in total. The van der Waals surface area contributed by atoms with Crippen LogP contribution in [0.5, 0.6) is 0 Å². The number of carbonyl (C=O) groups excluding carboxylic acids is 2. The summed E-state index contributed by atoms with van der Waals surface area (Å²) in [6.07, 6.45) is 1.64. The second-order valence-electron chi connectivity index (χ2n) is 6.83. The molecule has 2 atom stereocenters. The van der Waals surface area contributed by atoms with Gasteiger partial charge in [0.25, 0.3) is 11.8 Å². The van der Waals surface area contributed by atoms with Crippen LogP contribution in [0.2, 0.25) is 0 Å². The minimum absolute atomic E-state index is 0.0916. The van der Waals surface area contributed by atoms with Crippen molar-refractivity contribution in [2.45, 2.75) is 25.9 Å². The minimum Gasteiger partial charge on any atom is -0.345 e. The van der Waals surface area contributed by atoms with Gasteiger partial charge in [0, 0.05) is 0 Å². The Morgan fingerprint density at radius 3 is 1.69 bits per heavy atom. The number of thiophene rings is 1. The first-order chi connectivity index (χ1) is 14.0. The number of nitrogens with one attached hydrogen (secondary N) is 2. The van der Waals surface area contributed by atoms with Gasteiger partial charge >= 0.3 is 0 Å². The average Bonchev–Trinajstić information content (AvgIpc) is 3.26. The average molecular weight is 405 g/mol. The molecule has 2 N–H and O–H groups in total. The van der Waals surface area contributed by atoms with Crippen molar-refractivity contribution in [1.29, 1.82) is 0 Å². The maximum atomic E-state index is 13.0. The third kappa shape index (κ3) is 5.65. The molecule has 5 heteroatoms. The predicted octanol–water partition coefficient (Wildman–Crippen LogP) is 4.89. The minimum atomic E-state index is -0.398. The van der Waals surface area contributed by atoms with Crippen LogP contribution in [0.4, 0.5) is 0 Å². The second kappa shape index (κ2) is 9.85. The smallest absolute Gasteiger partial charge is 0.257 e. The summed E-state index contributed by atoms with van der Waals surface area (Å²) in [6, 6.07) is 20.8. The van der Waals surface area contributed by atoms with Gasteiger partial charge in [0.2, 0.25) is 0 Å². The van der Waals surface area contributed by atoms with Crippen LogP contribution in [-0.2, 0) is 9.59 Å². The van der Waals surface area contributed by atoms with E-state index < -0.39 is 11.8 Å². The van der Waals surface area contributed by atoms with Crippen LogP contribution in [0.3, 0.4) is 0 Å². The first-order valence-electron chi connectivity index (χ1n) is 9.50. The topological polar surface area (TPSA) is 58.2 Å². The Labute approximate surface area is 175 Å². The number of benzene rings is 2. The molecule has 3 aromatic rings. The van der Waals surface area contributed by atoms with Crippen LogP contribution in [-0.4, -0.2) is 11.8 Å². The van der Waals surface area contributed by atoms with Gasteiger partial charge in [0.1, 0.15) is 5.57 Å². The second-order valence-corrected chi connectivity index (χ2v) is 7.61. The fourth-order valence-electron chi connectivity index (χ4n) is 2.96. The molecule has 0 aliphatic heterocycles. The van der Waals surface area contributed by atoms with Crippen LogP contribution < -0.4 is 10.6 Å². The summed E-state index contributed by atoms with van der Waals surface area (Å²) >= 11 is 1.52. The van der Waals surface area contributed by atoms with Crippen LogP contribution in [0.25, 0.3) is 6.08 Å². The Kier molecular flexibility index (Phi) is 6.98. The van der Waals surface area contributed by atoms with Gasteiger partial charge < -0.3 is 10.6 Å². The molecule has 1 heterocycles. The Morgan fingerprint density at radius 2 is 1.28 bits per heavy atom. The highest BCUT2D eigenvalue weighted by atomic mass is 32.1. The fraction of sp³-hybridized carbons (Fsp3) is 0.167. The summed E-state index contributed by atoms with van der Waals surface area (Å²) < 4.78 is 0. The van der Waals surface area contributed by atoms with Gasteiger partial charge in [-0.05, 0) is 53.4 Å². The molecule has 148 valence electrons. The maximum absolute atomic E-state index is 13.0. The van der Waals surface area contributed by atoms with Crippen LogP contribution in [0.15, 0.2) is 83.1 Å². The molecule has 29 heavy (non-hydrogen) atoms. The van der Waals surface area contributed by atoms with Crippen molar-refractivity contribution in [3.63, 3.8) is 0 Å². The SMILES string of the molecule is C[C@H](NC(=O)C(=Cc1ccsc1)C(=O)N[C@@H](C)c1ccccc1)c1ccccc1. The predicted molar refractivity (Wildman–Crippen MR) is 118 cm³/mol. The van der Waals surface area contributed by atoms with Gasteiger partial charge in [0.05, 0.1) is 12.1 Å². The summed E-state index contributed by atoms with van der Waals surface area (Å²) in [4.78, 5) is 26.0. The van der Waals surface area contributed by atoms with Gasteiger partial charge in [-0.1, -0.05) is 60.7 Å². The van der Waals surface area contributed by atoms with Crippen molar-refractivity contribution >= 4 is 29.2 Å². The van der Waals surface area contributed by atoms with E-state index in [1.165, 1.54) is 11.3 Å². The number of amides is 2. The highest BCUT2D eigenvalue weighted by Crippen LogP contribution is 2.17. The third-order valence-electron chi connectivity index (χ3n) is 4.64. The van der Waals surface area contributed by atoms with Crippen molar-refractivity contribution in [3.05, 3.63) is 99.8 Å². The molecule has 0 saturated heterocycles. The third-order valence-corrected chi connectivity index (χ3v) is 5.34. The van der Waals surface area contributed by atoms with Gasteiger partial charge in [-0.3, -0.25) is 9.59 Å². The molecule has 1 aromatic heterocycles. The lowest BCUT2D eigenvalue weighted by Crippen LogP contribution is -2.36. The summed E-state index contributed by atoms with van der Waals surface area (Å²) in [5.41, 5.74) is 2.88. The molecule has 0 spiro atoms. The lowest BCUT2D eigenvalue weighted by Gasteiger charge is -2.18. The lowest BCUT2D eigenvalue weighted by molar-refractivity contribution is -0.124. The van der Waals surface area contributed by atoms with Crippen molar-refractivity contribution < 1.29 is 9.59 Å².